The highest BCUT2D eigenvalue weighted by molar-refractivity contribution is 5.17. The van der Waals surface area contributed by atoms with Gasteiger partial charge in [0.1, 0.15) is 0 Å². The van der Waals surface area contributed by atoms with E-state index < -0.39 is 0 Å². The Balaban J connectivity index is 2.17. The number of hydrogen-bond donors (Lipinski definition) is 1. The molecule has 1 aliphatic rings. The highest BCUT2D eigenvalue weighted by Gasteiger charge is 2.27. The molecule has 0 bridgehead atoms. The van der Waals surface area contributed by atoms with E-state index in [1.807, 2.05) is 12.4 Å². The molecule has 1 aliphatic heterocycles. The van der Waals surface area contributed by atoms with Crippen molar-refractivity contribution in [2.45, 2.75) is 38.8 Å². The number of likely N-dealkylation sites (tertiary alicyclic amines) is 1. The van der Waals surface area contributed by atoms with Crippen LogP contribution in [0, 0.1) is 5.92 Å². The number of piperidine rings is 1. The van der Waals surface area contributed by atoms with Crippen molar-refractivity contribution in [1.29, 1.82) is 0 Å². The predicted molar refractivity (Wildman–Crippen MR) is 70.6 cm³/mol. The van der Waals surface area contributed by atoms with Crippen LogP contribution in [0.3, 0.4) is 0 Å². The minimum Gasteiger partial charge on any atom is -0.326 e. The molecule has 0 aliphatic carbocycles. The molecule has 0 radical (unpaired) electrons. The van der Waals surface area contributed by atoms with E-state index in [4.69, 9.17) is 5.73 Å². The van der Waals surface area contributed by atoms with Crippen LogP contribution in [0.25, 0.3) is 0 Å². The molecule has 3 nitrogen and oxygen atoms in total. The molecule has 3 unspecified atom stereocenters. The monoisotopic (exact) mass is 233 g/mol. The molecule has 1 aromatic rings. The van der Waals surface area contributed by atoms with Crippen LogP contribution in [0.4, 0.5) is 0 Å². The molecule has 1 saturated heterocycles. The molecule has 2 heterocycles. The van der Waals surface area contributed by atoms with Gasteiger partial charge in [0.15, 0.2) is 0 Å². The zero-order valence-electron chi connectivity index (χ0n) is 10.8. The van der Waals surface area contributed by atoms with Crippen LogP contribution >= 0.6 is 0 Å². The summed E-state index contributed by atoms with van der Waals surface area (Å²) in [5.74, 6) is 0.784. The smallest absolute Gasteiger partial charge is 0.0497 e. The van der Waals surface area contributed by atoms with Gasteiger partial charge in [-0.3, -0.25) is 9.88 Å². The highest BCUT2D eigenvalue weighted by atomic mass is 15.2. The van der Waals surface area contributed by atoms with Gasteiger partial charge in [-0.2, -0.15) is 0 Å². The average molecular weight is 233 g/mol. The van der Waals surface area contributed by atoms with Crippen molar-refractivity contribution in [3.8, 4) is 0 Å². The second-order valence-electron chi connectivity index (χ2n) is 5.33. The van der Waals surface area contributed by atoms with Gasteiger partial charge in [0, 0.05) is 31.0 Å². The lowest BCUT2D eigenvalue weighted by Crippen LogP contribution is -2.44. The maximum absolute atomic E-state index is 6.18. The summed E-state index contributed by atoms with van der Waals surface area (Å²) < 4.78 is 0. The van der Waals surface area contributed by atoms with Crippen molar-refractivity contribution in [2.24, 2.45) is 11.7 Å². The van der Waals surface area contributed by atoms with E-state index in [0.717, 1.165) is 12.5 Å². The van der Waals surface area contributed by atoms with Crippen molar-refractivity contribution >= 4 is 0 Å². The Labute approximate surface area is 104 Å². The Hall–Kier alpha value is -0.930. The van der Waals surface area contributed by atoms with Crippen LogP contribution in [-0.2, 0) is 0 Å². The summed E-state index contributed by atoms with van der Waals surface area (Å²) in [6, 6.07) is 4.67. The molecule has 0 amide bonds. The Morgan fingerprint density at radius 1 is 1.41 bits per heavy atom. The number of nitrogens with two attached hydrogens (primary N) is 1. The molecule has 0 spiro atoms. The van der Waals surface area contributed by atoms with Crippen molar-refractivity contribution in [2.75, 3.05) is 13.1 Å². The first-order valence-electron chi connectivity index (χ1n) is 6.58. The lowest BCUT2D eigenvalue weighted by atomic mass is 9.94. The van der Waals surface area contributed by atoms with E-state index in [2.05, 4.69) is 35.9 Å². The summed E-state index contributed by atoms with van der Waals surface area (Å²) >= 11 is 0. The third kappa shape index (κ3) is 3.05. The minimum absolute atomic E-state index is 0.155. The SMILES string of the molecule is CC1CCCN(C(c2ccncc2)C(C)N)C1. The molecule has 94 valence electrons. The molecule has 0 saturated carbocycles. The van der Waals surface area contributed by atoms with Gasteiger partial charge in [0.25, 0.3) is 0 Å². The van der Waals surface area contributed by atoms with Crippen LogP contribution in [0.5, 0.6) is 0 Å². The Morgan fingerprint density at radius 3 is 2.71 bits per heavy atom. The number of rotatable bonds is 3. The first-order valence-corrected chi connectivity index (χ1v) is 6.58. The van der Waals surface area contributed by atoms with Crippen molar-refractivity contribution in [3.05, 3.63) is 30.1 Å². The topological polar surface area (TPSA) is 42.2 Å². The van der Waals surface area contributed by atoms with Crippen LogP contribution < -0.4 is 5.73 Å². The Morgan fingerprint density at radius 2 is 2.12 bits per heavy atom. The van der Waals surface area contributed by atoms with Gasteiger partial charge < -0.3 is 5.73 Å². The van der Waals surface area contributed by atoms with E-state index in [0.29, 0.717) is 6.04 Å². The summed E-state index contributed by atoms with van der Waals surface area (Å²) in [4.78, 5) is 6.62. The van der Waals surface area contributed by atoms with Gasteiger partial charge in [-0.15, -0.1) is 0 Å². The predicted octanol–water partition coefficient (Wildman–Crippen LogP) is 2.20. The fourth-order valence-electron chi connectivity index (χ4n) is 2.89. The van der Waals surface area contributed by atoms with E-state index in [1.54, 1.807) is 0 Å². The zero-order chi connectivity index (χ0) is 12.3. The Kier molecular flexibility index (Phi) is 4.13. The van der Waals surface area contributed by atoms with E-state index >= 15 is 0 Å². The molecule has 1 fully saturated rings. The second kappa shape index (κ2) is 5.61. The van der Waals surface area contributed by atoms with E-state index in [1.165, 1.54) is 24.9 Å². The fraction of sp³-hybridized carbons (Fsp3) is 0.643. The third-order valence-corrected chi connectivity index (χ3v) is 3.63. The van der Waals surface area contributed by atoms with Gasteiger partial charge in [-0.05, 0) is 49.9 Å². The maximum atomic E-state index is 6.18. The molecule has 3 atom stereocenters. The molecule has 17 heavy (non-hydrogen) atoms. The molecule has 2 rings (SSSR count). The molecule has 3 heteroatoms. The summed E-state index contributed by atoms with van der Waals surface area (Å²) in [6.45, 7) is 6.76. The molecule has 2 N–H and O–H groups in total. The maximum Gasteiger partial charge on any atom is 0.0497 e. The quantitative estimate of drug-likeness (QED) is 0.870. The average Bonchev–Trinajstić information content (AvgIpc) is 2.30. The molecular weight excluding hydrogens is 210 g/mol. The Bertz CT molecular complexity index is 337. The van der Waals surface area contributed by atoms with Gasteiger partial charge in [-0.1, -0.05) is 6.92 Å². The number of hydrogen-bond acceptors (Lipinski definition) is 3. The van der Waals surface area contributed by atoms with E-state index in [-0.39, 0.29) is 6.04 Å². The third-order valence-electron chi connectivity index (χ3n) is 3.63. The molecule has 0 aromatic carbocycles. The fourth-order valence-corrected chi connectivity index (χ4v) is 2.89. The number of nitrogens with zero attached hydrogens (tertiary/aromatic N) is 2. The standard InChI is InChI=1S/C14H23N3/c1-11-4-3-9-17(10-11)14(12(2)15)13-5-7-16-8-6-13/h5-8,11-12,14H,3-4,9-10,15H2,1-2H3. The normalized spacial score (nSPS) is 25.5. The van der Waals surface area contributed by atoms with Crippen LogP contribution in [0.15, 0.2) is 24.5 Å². The first-order chi connectivity index (χ1) is 8.18. The molecular formula is C14H23N3. The van der Waals surface area contributed by atoms with E-state index in [9.17, 15) is 0 Å². The van der Waals surface area contributed by atoms with Crippen LogP contribution in [-0.4, -0.2) is 29.0 Å². The van der Waals surface area contributed by atoms with Gasteiger partial charge in [0.05, 0.1) is 0 Å². The van der Waals surface area contributed by atoms with Crippen LogP contribution in [0.1, 0.15) is 38.3 Å². The van der Waals surface area contributed by atoms with Crippen molar-refractivity contribution < 1.29 is 0 Å². The van der Waals surface area contributed by atoms with Crippen molar-refractivity contribution in [1.82, 2.24) is 9.88 Å². The van der Waals surface area contributed by atoms with Gasteiger partial charge in [0.2, 0.25) is 0 Å². The lowest BCUT2D eigenvalue weighted by molar-refractivity contribution is 0.116. The lowest BCUT2D eigenvalue weighted by Gasteiger charge is -2.39. The zero-order valence-corrected chi connectivity index (χ0v) is 10.8. The highest BCUT2D eigenvalue weighted by Crippen LogP contribution is 2.28. The van der Waals surface area contributed by atoms with Crippen molar-refractivity contribution in [3.63, 3.8) is 0 Å². The summed E-state index contributed by atoms with van der Waals surface area (Å²) in [7, 11) is 0. The summed E-state index contributed by atoms with van der Waals surface area (Å²) in [6.07, 6.45) is 6.35. The number of pyridine rings is 1. The number of aromatic nitrogens is 1. The first kappa shape index (κ1) is 12.5. The summed E-state index contributed by atoms with van der Waals surface area (Å²) in [5, 5.41) is 0. The molecule has 1 aromatic heterocycles. The van der Waals surface area contributed by atoms with Crippen LogP contribution in [0.2, 0.25) is 0 Å². The second-order valence-corrected chi connectivity index (χ2v) is 5.33. The van der Waals surface area contributed by atoms with Gasteiger partial charge >= 0.3 is 0 Å². The summed E-state index contributed by atoms with van der Waals surface area (Å²) in [5.41, 5.74) is 7.48. The van der Waals surface area contributed by atoms with Gasteiger partial charge in [-0.25, -0.2) is 0 Å². The largest absolute Gasteiger partial charge is 0.326 e. The minimum atomic E-state index is 0.155.